The quantitative estimate of drug-likeness (QED) is 0.736. The lowest BCUT2D eigenvalue weighted by atomic mass is 10.0. The molecule has 0 aliphatic rings. The van der Waals surface area contributed by atoms with E-state index < -0.39 is 0 Å². The molecule has 1 aromatic heterocycles. The highest BCUT2D eigenvalue weighted by atomic mass is 79.9. The number of rotatable bonds is 1. The van der Waals surface area contributed by atoms with Crippen LogP contribution in [0.15, 0.2) is 47.2 Å². The minimum atomic E-state index is 0.587. The smallest absolute Gasteiger partial charge is 0.106 e. The van der Waals surface area contributed by atoms with Gasteiger partial charge < -0.3 is 0 Å². The van der Waals surface area contributed by atoms with Crippen LogP contribution in [0.4, 0.5) is 0 Å². The molecule has 0 saturated heterocycles. The SMILES string of the molecule is N#Cc1cnc(Br)cc1-c1ccccc1. The van der Waals surface area contributed by atoms with Gasteiger partial charge in [-0.1, -0.05) is 30.3 Å². The Kier molecular flexibility index (Phi) is 2.79. The number of nitrogens with zero attached hydrogens (tertiary/aromatic N) is 2. The van der Waals surface area contributed by atoms with Crippen LogP contribution >= 0.6 is 15.9 Å². The average molecular weight is 259 g/mol. The average Bonchev–Trinajstić information content (AvgIpc) is 2.30. The van der Waals surface area contributed by atoms with Crippen LogP contribution in [0.25, 0.3) is 11.1 Å². The van der Waals surface area contributed by atoms with E-state index in [0.717, 1.165) is 15.7 Å². The molecule has 0 atom stereocenters. The summed E-state index contributed by atoms with van der Waals surface area (Å²) in [6.07, 6.45) is 1.58. The maximum Gasteiger partial charge on any atom is 0.106 e. The van der Waals surface area contributed by atoms with Gasteiger partial charge in [-0.25, -0.2) is 4.98 Å². The monoisotopic (exact) mass is 258 g/mol. The van der Waals surface area contributed by atoms with E-state index >= 15 is 0 Å². The molecular weight excluding hydrogens is 252 g/mol. The van der Waals surface area contributed by atoms with E-state index in [9.17, 15) is 0 Å². The fourth-order valence-corrected chi connectivity index (χ4v) is 1.71. The molecule has 15 heavy (non-hydrogen) atoms. The van der Waals surface area contributed by atoms with Crippen LogP contribution in [-0.4, -0.2) is 4.98 Å². The van der Waals surface area contributed by atoms with Crippen LogP contribution < -0.4 is 0 Å². The molecule has 0 fully saturated rings. The molecule has 0 amide bonds. The topological polar surface area (TPSA) is 36.7 Å². The minimum absolute atomic E-state index is 0.587. The zero-order valence-electron chi connectivity index (χ0n) is 7.81. The number of nitriles is 1. The third kappa shape index (κ3) is 2.05. The molecule has 0 aliphatic heterocycles. The van der Waals surface area contributed by atoms with Crippen molar-refractivity contribution in [3.05, 3.63) is 52.8 Å². The van der Waals surface area contributed by atoms with Gasteiger partial charge in [-0.15, -0.1) is 0 Å². The molecule has 1 heterocycles. The third-order valence-corrected chi connectivity index (χ3v) is 2.51. The molecule has 0 unspecified atom stereocenters. The van der Waals surface area contributed by atoms with E-state index in [-0.39, 0.29) is 0 Å². The van der Waals surface area contributed by atoms with Crippen LogP contribution in [0.5, 0.6) is 0 Å². The Morgan fingerprint density at radius 1 is 1.20 bits per heavy atom. The number of halogens is 1. The lowest BCUT2D eigenvalue weighted by Gasteiger charge is -2.03. The predicted molar refractivity (Wildman–Crippen MR) is 62.1 cm³/mol. The van der Waals surface area contributed by atoms with Gasteiger partial charge in [0.1, 0.15) is 10.7 Å². The summed E-state index contributed by atoms with van der Waals surface area (Å²) in [7, 11) is 0. The Hall–Kier alpha value is -1.66. The van der Waals surface area contributed by atoms with E-state index in [4.69, 9.17) is 5.26 Å². The van der Waals surface area contributed by atoms with Crippen molar-refractivity contribution in [3.63, 3.8) is 0 Å². The van der Waals surface area contributed by atoms with Crippen molar-refractivity contribution in [1.82, 2.24) is 4.98 Å². The summed E-state index contributed by atoms with van der Waals surface area (Å²) in [6, 6.07) is 13.8. The molecule has 0 N–H and O–H groups in total. The molecule has 2 rings (SSSR count). The van der Waals surface area contributed by atoms with Crippen LogP contribution in [0.2, 0.25) is 0 Å². The van der Waals surface area contributed by atoms with Gasteiger partial charge in [0.15, 0.2) is 0 Å². The van der Waals surface area contributed by atoms with E-state index in [0.29, 0.717) is 5.56 Å². The molecule has 1 aromatic carbocycles. The van der Waals surface area contributed by atoms with Crippen molar-refractivity contribution in [2.24, 2.45) is 0 Å². The largest absolute Gasteiger partial charge is 0.248 e. The zero-order chi connectivity index (χ0) is 10.7. The van der Waals surface area contributed by atoms with Crippen molar-refractivity contribution in [2.75, 3.05) is 0 Å². The molecule has 2 nitrogen and oxygen atoms in total. The third-order valence-electron chi connectivity index (χ3n) is 2.08. The molecule has 0 saturated carbocycles. The summed E-state index contributed by atoms with van der Waals surface area (Å²) >= 11 is 3.30. The Balaban J connectivity index is 2.62. The highest BCUT2D eigenvalue weighted by Crippen LogP contribution is 2.24. The number of benzene rings is 1. The fourth-order valence-electron chi connectivity index (χ4n) is 1.38. The number of hydrogen-bond donors (Lipinski definition) is 0. The standard InChI is InChI=1S/C12H7BrN2/c13-12-6-11(10(7-14)8-15-12)9-4-2-1-3-5-9/h1-6,8H. The van der Waals surface area contributed by atoms with Gasteiger partial charge in [0, 0.05) is 11.8 Å². The second kappa shape index (κ2) is 4.24. The highest BCUT2D eigenvalue weighted by Gasteiger charge is 2.05. The Bertz CT molecular complexity index is 515. The maximum absolute atomic E-state index is 8.97. The Morgan fingerprint density at radius 2 is 1.93 bits per heavy atom. The van der Waals surface area contributed by atoms with Gasteiger partial charge in [0.25, 0.3) is 0 Å². The first-order chi connectivity index (χ1) is 7.31. The van der Waals surface area contributed by atoms with Crippen LogP contribution in [0.3, 0.4) is 0 Å². The molecule has 72 valence electrons. The summed E-state index contributed by atoms with van der Waals surface area (Å²) < 4.78 is 0.736. The molecule has 2 aromatic rings. The van der Waals surface area contributed by atoms with Gasteiger partial charge in [-0.3, -0.25) is 0 Å². The predicted octanol–water partition coefficient (Wildman–Crippen LogP) is 3.38. The molecule has 3 heteroatoms. The summed E-state index contributed by atoms with van der Waals surface area (Å²) in [5.74, 6) is 0. The van der Waals surface area contributed by atoms with Gasteiger partial charge in [0.05, 0.1) is 5.56 Å². The van der Waals surface area contributed by atoms with Crippen LogP contribution in [0.1, 0.15) is 5.56 Å². The Morgan fingerprint density at radius 3 is 2.60 bits per heavy atom. The van der Waals surface area contributed by atoms with E-state index in [1.165, 1.54) is 0 Å². The fraction of sp³-hybridized carbons (Fsp3) is 0. The second-order valence-corrected chi connectivity index (χ2v) is 3.84. The van der Waals surface area contributed by atoms with Crippen LogP contribution in [0, 0.1) is 11.3 Å². The number of hydrogen-bond acceptors (Lipinski definition) is 2. The second-order valence-electron chi connectivity index (χ2n) is 3.03. The molecule has 0 spiro atoms. The summed E-state index contributed by atoms with van der Waals surface area (Å²) in [4.78, 5) is 4.03. The normalized spacial score (nSPS) is 9.60. The molecule has 0 bridgehead atoms. The molecular formula is C12H7BrN2. The first kappa shape index (κ1) is 9.88. The lowest BCUT2D eigenvalue weighted by molar-refractivity contribution is 1.26. The van der Waals surface area contributed by atoms with Gasteiger partial charge in [0.2, 0.25) is 0 Å². The number of pyridine rings is 1. The molecule has 0 aliphatic carbocycles. The number of aromatic nitrogens is 1. The first-order valence-corrected chi connectivity index (χ1v) is 5.21. The van der Waals surface area contributed by atoms with Gasteiger partial charge in [-0.05, 0) is 27.6 Å². The summed E-state index contributed by atoms with van der Waals surface area (Å²) in [5.41, 5.74) is 2.52. The van der Waals surface area contributed by atoms with Crippen molar-refractivity contribution >= 4 is 15.9 Å². The van der Waals surface area contributed by atoms with Crippen molar-refractivity contribution in [1.29, 1.82) is 5.26 Å². The maximum atomic E-state index is 8.97. The van der Waals surface area contributed by atoms with E-state index in [1.54, 1.807) is 6.20 Å². The first-order valence-electron chi connectivity index (χ1n) is 4.42. The van der Waals surface area contributed by atoms with E-state index in [2.05, 4.69) is 27.0 Å². The lowest BCUT2D eigenvalue weighted by Crippen LogP contribution is -1.86. The summed E-state index contributed by atoms with van der Waals surface area (Å²) in [5, 5.41) is 8.97. The Labute approximate surface area is 96.3 Å². The highest BCUT2D eigenvalue weighted by molar-refractivity contribution is 9.10. The summed E-state index contributed by atoms with van der Waals surface area (Å²) in [6.45, 7) is 0. The van der Waals surface area contributed by atoms with Crippen molar-refractivity contribution < 1.29 is 0 Å². The zero-order valence-corrected chi connectivity index (χ0v) is 9.40. The van der Waals surface area contributed by atoms with Crippen LogP contribution in [-0.2, 0) is 0 Å². The minimum Gasteiger partial charge on any atom is -0.248 e. The molecule has 0 radical (unpaired) electrons. The van der Waals surface area contributed by atoms with Crippen molar-refractivity contribution in [2.45, 2.75) is 0 Å². The van der Waals surface area contributed by atoms with Crippen molar-refractivity contribution in [3.8, 4) is 17.2 Å². The van der Waals surface area contributed by atoms with Gasteiger partial charge >= 0.3 is 0 Å². The van der Waals surface area contributed by atoms with Gasteiger partial charge in [-0.2, -0.15) is 5.26 Å². The van der Waals surface area contributed by atoms with E-state index in [1.807, 2.05) is 36.4 Å².